The molecule has 22 heavy (non-hydrogen) atoms. The highest BCUT2D eigenvalue weighted by Gasteiger charge is 2.39. The van der Waals surface area contributed by atoms with Gasteiger partial charge >= 0.3 is 0 Å². The number of rotatable bonds is 6. The van der Waals surface area contributed by atoms with Gasteiger partial charge in [-0.05, 0) is 17.5 Å². The predicted molar refractivity (Wildman–Crippen MR) is 95.0 cm³/mol. The Morgan fingerprint density at radius 3 is 1.73 bits per heavy atom. The van der Waals surface area contributed by atoms with Crippen LogP contribution in [-0.2, 0) is 5.41 Å². The van der Waals surface area contributed by atoms with Crippen molar-refractivity contribution in [2.75, 3.05) is 0 Å². The number of benzene rings is 2. The van der Waals surface area contributed by atoms with E-state index in [1.54, 1.807) is 0 Å². The van der Waals surface area contributed by atoms with Crippen LogP contribution in [0.4, 0.5) is 0 Å². The Morgan fingerprint density at radius 2 is 1.27 bits per heavy atom. The standard InChI is InChI=1S/C22H24/c1-2-3-18-22(21-16-10-11-17-21,19-12-6-4-7-13-19)20-14-8-5-9-15-20/h4-17,21H,2-3,18H2,1H3. The highest BCUT2D eigenvalue weighted by Crippen LogP contribution is 2.46. The zero-order valence-corrected chi connectivity index (χ0v) is 13.3. The van der Waals surface area contributed by atoms with Gasteiger partial charge in [0, 0.05) is 11.3 Å². The summed E-state index contributed by atoms with van der Waals surface area (Å²) in [5.41, 5.74) is 2.90. The normalized spacial score (nSPS) is 14.6. The average Bonchev–Trinajstić information content (AvgIpc) is 3.13. The number of hydrogen-bond acceptors (Lipinski definition) is 0. The van der Waals surface area contributed by atoms with E-state index in [0.29, 0.717) is 5.92 Å². The molecule has 0 spiro atoms. The summed E-state index contributed by atoms with van der Waals surface area (Å²) in [7, 11) is 0. The molecular formula is C22H24. The van der Waals surface area contributed by atoms with E-state index in [2.05, 4.69) is 91.9 Å². The molecule has 3 rings (SSSR count). The van der Waals surface area contributed by atoms with Crippen LogP contribution in [-0.4, -0.2) is 0 Å². The van der Waals surface area contributed by atoms with Crippen molar-refractivity contribution >= 4 is 0 Å². The van der Waals surface area contributed by atoms with Gasteiger partial charge in [-0.25, -0.2) is 0 Å². The van der Waals surface area contributed by atoms with Crippen molar-refractivity contribution in [1.82, 2.24) is 0 Å². The van der Waals surface area contributed by atoms with Crippen molar-refractivity contribution in [2.45, 2.75) is 31.6 Å². The number of unbranched alkanes of at least 4 members (excludes halogenated alkanes) is 1. The third-order valence-corrected chi connectivity index (χ3v) is 4.82. The monoisotopic (exact) mass is 288 g/mol. The Hall–Kier alpha value is -2.08. The highest BCUT2D eigenvalue weighted by molar-refractivity contribution is 5.45. The molecule has 0 atom stereocenters. The molecule has 0 radical (unpaired) electrons. The lowest BCUT2D eigenvalue weighted by molar-refractivity contribution is 0.394. The molecule has 0 amide bonds. The van der Waals surface area contributed by atoms with E-state index < -0.39 is 0 Å². The molecule has 0 saturated carbocycles. The lowest BCUT2D eigenvalue weighted by Gasteiger charge is -2.39. The van der Waals surface area contributed by atoms with Gasteiger partial charge in [-0.3, -0.25) is 0 Å². The first-order valence-electron chi connectivity index (χ1n) is 8.34. The van der Waals surface area contributed by atoms with Crippen molar-refractivity contribution in [3.05, 3.63) is 96.1 Å². The van der Waals surface area contributed by atoms with Crippen LogP contribution in [0.25, 0.3) is 0 Å². The Morgan fingerprint density at radius 1 is 0.773 bits per heavy atom. The van der Waals surface area contributed by atoms with Gasteiger partial charge in [0.15, 0.2) is 0 Å². The van der Waals surface area contributed by atoms with Crippen LogP contribution in [0.15, 0.2) is 85.0 Å². The maximum absolute atomic E-state index is 2.36. The third-order valence-electron chi connectivity index (χ3n) is 4.82. The average molecular weight is 288 g/mol. The summed E-state index contributed by atoms with van der Waals surface area (Å²) in [6.45, 7) is 2.28. The van der Waals surface area contributed by atoms with Gasteiger partial charge in [0.05, 0.1) is 0 Å². The Labute approximate surface area is 134 Å². The second-order valence-electron chi connectivity index (χ2n) is 6.10. The van der Waals surface area contributed by atoms with Crippen LogP contribution >= 0.6 is 0 Å². The predicted octanol–water partition coefficient (Wildman–Crippen LogP) is 5.91. The Bertz CT molecular complexity index is 583. The molecule has 0 aliphatic heterocycles. The second-order valence-corrected chi connectivity index (χ2v) is 6.10. The first kappa shape index (κ1) is 14.8. The maximum Gasteiger partial charge on any atom is 0.0300 e. The molecule has 0 nitrogen and oxygen atoms in total. The lowest BCUT2D eigenvalue weighted by atomic mass is 9.63. The van der Waals surface area contributed by atoms with Gasteiger partial charge in [0.1, 0.15) is 0 Å². The van der Waals surface area contributed by atoms with E-state index in [9.17, 15) is 0 Å². The summed E-state index contributed by atoms with van der Waals surface area (Å²) in [5.74, 6) is 0.434. The first-order valence-corrected chi connectivity index (χ1v) is 8.34. The third kappa shape index (κ3) is 2.66. The van der Waals surface area contributed by atoms with E-state index in [0.717, 1.165) is 0 Å². The summed E-state index contributed by atoms with van der Waals surface area (Å²) < 4.78 is 0. The Balaban J connectivity index is 2.18. The van der Waals surface area contributed by atoms with Gasteiger partial charge < -0.3 is 0 Å². The molecule has 0 heteroatoms. The van der Waals surface area contributed by atoms with Crippen molar-refractivity contribution in [1.29, 1.82) is 0 Å². The largest absolute Gasteiger partial charge is 0.0764 e. The molecule has 0 fully saturated rings. The minimum absolute atomic E-state index is 0.0437. The fraction of sp³-hybridized carbons (Fsp3) is 0.273. The van der Waals surface area contributed by atoms with E-state index in [1.165, 1.54) is 30.4 Å². The molecule has 0 aromatic heterocycles. The maximum atomic E-state index is 2.36. The summed E-state index contributed by atoms with van der Waals surface area (Å²) in [6.07, 6.45) is 12.7. The number of hydrogen-bond donors (Lipinski definition) is 0. The lowest BCUT2D eigenvalue weighted by Crippen LogP contribution is -2.34. The molecule has 0 unspecified atom stereocenters. The van der Waals surface area contributed by atoms with E-state index in [-0.39, 0.29) is 5.41 Å². The van der Waals surface area contributed by atoms with Gasteiger partial charge in [0.2, 0.25) is 0 Å². The molecule has 0 heterocycles. The van der Waals surface area contributed by atoms with Crippen LogP contribution < -0.4 is 0 Å². The summed E-state index contributed by atoms with van der Waals surface area (Å²) >= 11 is 0. The molecule has 1 aliphatic carbocycles. The van der Waals surface area contributed by atoms with E-state index in [4.69, 9.17) is 0 Å². The minimum Gasteiger partial charge on any atom is -0.0764 e. The highest BCUT2D eigenvalue weighted by atomic mass is 14.4. The molecule has 0 bridgehead atoms. The quantitative estimate of drug-likeness (QED) is 0.620. The SMILES string of the molecule is CCCCC(c1ccccc1)(c1ccccc1)C1C=CC=C1. The van der Waals surface area contributed by atoms with E-state index >= 15 is 0 Å². The molecule has 0 saturated heterocycles. The second kappa shape index (κ2) is 6.79. The molecule has 2 aromatic carbocycles. The zero-order valence-electron chi connectivity index (χ0n) is 13.3. The molecule has 1 aliphatic rings. The van der Waals surface area contributed by atoms with Gasteiger partial charge in [-0.2, -0.15) is 0 Å². The summed E-state index contributed by atoms with van der Waals surface area (Å²) in [5, 5.41) is 0. The Kier molecular flexibility index (Phi) is 4.58. The smallest absolute Gasteiger partial charge is 0.0300 e. The van der Waals surface area contributed by atoms with Crippen molar-refractivity contribution in [3.63, 3.8) is 0 Å². The van der Waals surface area contributed by atoms with Crippen molar-refractivity contribution < 1.29 is 0 Å². The van der Waals surface area contributed by atoms with Crippen LogP contribution in [0.1, 0.15) is 37.3 Å². The van der Waals surface area contributed by atoms with Crippen molar-refractivity contribution in [2.24, 2.45) is 5.92 Å². The molecule has 112 valence electrons. The summed E-state index contributed by atoms with van der Waals surface area (Å²) in [4.78, 5) is 0. The zero-order chi connectivity index (χ0) is 15.3. The first-order chi connectivity index (χ1) is 10.9. The fourth-order valence-electron chi connectivity index (χ4n) is 3.69. The van der Waals surface area contributed by atoms with Crippen molar-refractivity contribution in [3.8, 4) is 0 Å². The molecule has 2 aromatic rings. The summed E-state index contributed by atoms with van der Waals surface area (Å²) in [6, 6.07) is 22.1. The van der Waals surface area contributed by atoms with E-state index in [1.807, 2.05) is 0 Å². The van der Waals surface area contributed by atoms with Crippen LogP contribution in [0.3, 0.4) is 0 Å². The van der Waals surface area contributed by atoms with Crippen LogP contribution in [0, 0.1) is 5.92 Å². The fourth-order valence-corrected chi connectivity index (χ4v) is 3.69. The molecular weight excluding hydrogens is 264 g/mol. The topological polar surface area (TPSA) is 0 Å². The minimum atomic E-state index is 0.0437. The molecule has 0 N–H and O–H groups in total. The number of allylic oxidation sites excluding steroid dienone is 4. The van der Waals surface area contributed by atoms with Crippen LogP contribution in [0.2, 0.25) is 0 Å². The van der Waals surface area contributed by atoms with Gasteiger partial charge in [0.25, 0.3) is 0 Å². The van der Waals surface area contributed by atoms with Crippen LogP contribution in [0.5, 0.6) is 0 Å². The van der Waals surface area contributed by atoms with Gasteiger partial charge in [-0.1, -0.05) is 105 Å². The van der Waals surface area contributed by atoms with Gasteiger partial charge in [-0.15, -0.1) is 0 Å².